The van der Waals surface area contributed by atoms with E-state index in [1.165, 1.54) is 5.56 Å². The summed E-state index contributed by atoms with van der Waals surface area (Å²) in [6.07, 6.45) is 9.71. The summed E-state index contributed by atoms with van der Waals surface area (Å²) < 4.78 is 19.5. The highest BCUT2D eigenvalue weighted by molar-refractivity contribution is 6.75. The molecule has 1 aliphatic carbocycles. The van der Waals surface area contributed by atoms with Gasteiger partial charge in [-0.05, 0) is 61.6 Å². The van der Waals surface area contributed by atoms with Crippen molar-refractivity contribution in [3.63, 3.8) is 0 Å². The maximum absolute atomic E-state index is 6.92. The molecule has 0 amide bonds. The van der Waals surface area contributed by atoms with Crippen LogP contribution in [-0.2, 0) is 9.84 Å². The lowest BCUT2D eigenvalue weighted by molar-refractivity contribution is 0.192. The SMILES string of the molecule is C=CC[C@]1(c2cccc(OC)c2O[Si](C)(C)C(C)(C)C)C=C[C@@H](O[Si](C)(C)C(C)(C)C)CC1. The van der Waals surface area contributed by atoms with Crippen molar-refractivity contribution in [1.29, 1.82) is 0 Å². The summed E-state index contributed by atoms with van der Waals surface area (Å²) in [6, 6.07) is 6.32. The first-order chi connectivity index (χ1) is 15.0. The van der Waals surface area contributed by atoms with Crippen molar-refractivity contribution < 1.29 is 13.6 Å². The van der Waals surface area contributed by atoms with Gasteiger partial charge in [-0.2, -0.15) is 0 Å². The zero-order chi connectivity index (χ0) is 25.3. The highest BCUT2D eigenvalue weighted by Gasteiger charge is 2.44. The van der Waals surface area contributed by atoms with E-state index in [4.69, 9.17) is 13.6 Å². The number of rotatable bonds is 8. The van der Waals surface area contributed by atoms with E-state index in [2.05, 4.69) is 98.6 Å². The second-order valence-electron chi connectivity index (χ2n) is 12.7. The van der Waals surface area contributed by atoms with Crippen LogP contribution < -0.4 is 9.16 Å². The van der Waals surface area contributed by atoms with E-state index in [1.54, 1.807) is 7.11 Å². The van der Waals surface area contributed by atoms with Crippen molar-refractivity contribution in [2.24, 2.45) is 0 Å². The zero-order valence-electron chi connectivity index (χ0n) is 23.1. The maximum atomic E-state index is 6.92. The quantitative estimate of drug-likeness (QED) is 0.271. The Labute approximate surface area is 205 Å². The molecular weight excluding hydrogens is 440 g/mol. The van der Waals surface area contributed by atoms with Gasteiger partial charge in [-0.15, -0.1) is 6.58 Å². The van der Waals surface area contributed by atoms with Crippen LogP contribution in [-0.4, -0.2) is 29.8 Å². The van der Waals surface area contributed by atoms with Crippen molar-refractivity contribution in [3.05, 3.63) is 48.6 Å². The Morgan fingerprint density at radius 2 is 1.64 bits per heavy atom. The standard InChI is InChI=1S/C28H48O3Si2/c1-13-19-28(20-17-22(18-21-28)30-32(9,10)26(2,3)4)23-15-14-16-24(29-8)25(23)31-33(11,12)27(5,6)7/h13-17,20,22H,1,18-19,21H2,2-12H3/t22-,28+/m1/s1. The number of methoxy groups -OCH3 is 1. The van der Waals surface area contributed by atoms with Crippen molar-refractivity contribution in [2.75, 3.05) is 7.11 Å². The minimum Gasteiger partial charge on any atom is -0.541 e. The second kappa shape index (κ2) is 9.75. The van der Waals surface area contributed by atoms with Crippen LogP contribution in [0, 0.1) is 0 Å². The van der Waals surface area contributed by atoms with Gasteiger partial charge in [0, 0.05) is 11.0 Å². The Balaban J connectivity index is 2.51. The molecule has 1 aromatic carbocycles. The molecule has 3 nitrogen and oxygen atoms in total. The summed E-state index contributed by atoms with van der Waals surface area (Å²) in [6.45, 7) is 27.1. The van der Waals surface area contributed by atoms with Crippen molar-refractivity contribution >= 4 is 16.6 Å². The maximum Gasteiger partial charge on any atom is 0.250 e. The molecule has 186 valence electrons. The molecule has 0 saturated heterocycles. The fourth-order valence-corrected chi connectivity index (χ4v) is 6.20. The van der Waals surface area contributed by atoms with Crippen molar-refractivity contribution in [3.8, 4) is 11.5 Å². The Morgan fingerprint density at radius 3 is 2.09 bits per heavy atom. The first-order valence-electron chi connectivity index (χ1n) is 12.3. The Morgan fingerprint density at radius 1 is 1.03 bits per heavy atom. The van der Waals surface area contributed by atoms with E-state index in [1.807, 2.05) is 12.1 Å². The third-order valence-corrected chi connectivity index (χ3v) is 17.0. The molecule has 0 aliphatic heterocycles. The number of benzene rings is 1. The van der Waals surface area contributed by atoms with Crippen LogP contribution in [0.4, 0.5) is 0 Å². The van der Waals surface area contributed by atoms with Crippen LogP contribution in [0.5, 0.6) is 11.5 Å². The minimum absolute atomic E-state index is 0.0984. The van der Waals surface area contributed by atoms with Gasteiger partial charge in [-0.3, -0.25) is 0 Å². The van der Waals surface area contributed by atoms with Crippen molar-refractivity contribution in [1.82, 2.24) is 0 Å². The molecule has 0 radical (unpaired) electrons. The second-order valence-corrected chi connectivity index (χ2v) is 22.1. The van der Waals surface area contributed by atoms with Crippen LogP contribution >= 0.6 is 0 Å². The lowest BCUT2D eigenvalue weighted by atomic mass is 9.70. The molecule has 0 unspecified atom stereocenters. The average molecular weight is 489 g/mol. The minimum atomic E-state index is -2.06. The van der Waals surface area contributed by atoms with E-state index in [0.717, 1.165) is 30.8 Å². The molecule has 0 aromatic heterocycles. The van der Waals surface area contributed by atoms with Crippen LogP contribution in [0.25, 0.3) is 0 Å². The Kier molecular flexibility index (Phi) is 8.25. The molecule has 2 atom stereocenters. The van der Waals surface area contributed by atoms with Gasteiger partial charge in [0.15, 0.2) is 19.8 Å². The fourth-order valence-electron chi connectivity index (χ4n) is 3.87. The molecule has 33 heavy (non-hydrogen) atoms. The number of allylic oxidation sites excluding steroid dienone is 2. The monoisotopic (exact) mass is 488 g/mol. The van der Waals surface area contributed by atoms with E-state index in [0.29, 0.717) is 0 Å². The molecule has 0 saturated carbocycles. The van der Waals surface area contributed by atoms with Gasteiger partial charge < -0.3 is 13.6 Å². The smallest absolute Gasteiger partial charge is 0.250 e. The molecule has 0 bridgehead atoms. The molecule has 0 heterocycles. The van der Waals surface area contributed by atoms with Gasteiger partial charge >= 0.3 is 0 Å². The molecule has 0 fully saturated rings. The van der Waals surface area contributed by atoms with Gasteiger partial charge in [0.25, 0.3) is 8.32 Å². The van der Waals surface area contributed by atoms with Gasteiger partial charge in [-0.25, -0.2) is 0 Å². The van der Waals surface area contributed by atoms with Crippen LogP contribution in [0.3, 0.4) is 0 Å². The predicted molar refractivity (Wildman–Crippen MR) is 148 cm³/mol. The van der Waals surface area contributed by atoms with E-state index >= 15 is 0 Å². The normalized spacial score (nSPS) is 22.2. The van der Waals surface area contributed by atoms with Crippen LogP contribution in [0.15, 0.2) is 43.0 Å². The number of hydrogen-bond donors (Lipinski definition) is 0. The first kappa shape index (κ1) is 27.9. The molecule has 5 heteroatoms. The van der Waals surface area contributed by atoms with Gasteiger partial charge in [0.2, 0.25) is 0 Å². The summed E-state index contributed by atoms with van der Waals surface area (Å²) >= 11 is 0. The largest absolute Gasteiger partial charge is 0.541 e. The number of para-hydroxylation sites is 1. The third-order valence-electron chi connectivity index (χ3n) is 8.16. The van der Waals surface area contributed by atoms with Crippen molar-refractivity contribution in [2.45, 2.75) is 109 Å². The lowest BCUT2D eigenvalue weighted by Gasteiger charge is -2.43. The highest BCUT2D eigenvalue weighted by Crippen LogP contribution is 2.49. The molecular formula is C28H48O3Si2. The van der Waals surface area contributed by atoms with Gasteiger partial charge in [0.05, 0.1) is 13.2 Å². The molecule has 2 rings (SSSR count). The summed E-state index contributed by atoms with van der Waals surface area (Å²) in [4.78, 5) is 0. The fraction of sp³-hybridized carbons (Fsp3) is 0.643. The summed E-state index contributed by atoms with van der Waals surface area (Å²) in [5, 5.41) is 0.300. The van der Waals surface area contributed by atoms with Crippen LogP contribution in [0.1, 0.15) is 66.4 Å². The van der Waals surface area contributed by atoms with E-state index in [9.17, 15) is 0 Å². The summed E-state index contributed by atoms with van der Waals surface area (Å²) in [5.41, 5.74) is 1.04. The van der Waals surface area contributed by atoms with Gasteiger partial charge in [0.1, 0.15) is 0 Å². The summed E-state index contributed by atoms with van der Waals surface area (Å²) in [5.74, 6) is 1.72. The molecule has 0 spiro atoms. The predicted octanol–water partition coefficient (Wildman–Crippen LogP) is 8.63. The summed E-state index contributed by atoms with van der Waals surface area (Å²) in [7, 11) is -2.15. The third kappa shape index (κ3) is 6.04. The topological polar surface area (TPSA) is 27.7 Å². The zero-order valence-corrected chi connectivity index (χ0v) is 25.1. The Bertz CT molecular complexity index is 859. The Hall–Kier alpha value is -1.31. The first-order valence-corrected chi connectivity index (χ1v) is 18.2. The van der Waals surface area contributed by atoms with E-state index < -0.39 is 16.6 Å². The van der Waals surface area contributed by atoms with E-state index in [-0.39, 0.29) is 21.6 Å². The molecule has 1 aliphatic rings. The lowest BCUT2D eigenvalue weighted by Crippen LogP contribution is -2.45. The molecule has 1 aromatic rings. The highest BCUT2D eigenvalue weighted by atomic mass is 28.4. The average Bonchev–Trinajstić information content (AvgIpc) is 2.68. The van der Waals surface area contributed by atoms with Crippen LogP contribution in [0.2, 0.25) is 36.3 Å². The molecule has 0 N–H and O–H groups in total. The van der Waals surface area contributed by atoms with Gasteiger partial charge in [-0.1, -0.05) is 71.9 Å². The number of ether oxygens (including phenoxy) is 1. The number of hydrogen-bond acceptors (Lipinski definition) is 3.